The maximum atomic E-state index is 11.5. The lowest BCUT2D eigenvalue weighted by atomic mass is 9.52. The normalized spacial score (nSPS) is 35.6. The number of carbonyl (C=O) groups is 1. The summed E-state index contributed by atoms with van der Waals surface area (Å²) in [5.41, 5.74) is 5.18. The maximum absolute atomic E-state index is 11.5. The van der Waals surface area contributed by atoms with Crippen molar-refractivity contribution in [3.05, 3.63) is 10.7 Å². The van der Waals surface area contributed by atoms with E-state index in [-0.39, 0.29) is 11.3 Å². The average Bonchev–Trinajstić information content (AvgIpc) is 3.00. The third kappa shape index (κ3) is 3.87. The molecule has 1 aromatic heterocycles. The van der Waals surface area contributed by atoms with Crippen LogP contribution in [-0.2, 0) is 7.05 Å². The average molecular weight is 450 g/mol. The number of nitrogens with two attached hydrogens (primary N) is 1. The highest BCUT2D eigenvalue weighted by Crippen LogP contribution is 2.57. The summed E-state index contributed by atoms with van der Waals surface area (Å²) in [6.07, 6.45) is 9.40. The lowest BCUT2D eigenvalue weighted by Crippen LogP contribution is -2.62. The van der Waals surface area contributed by atoms with Gasteiger partial charge in [0.05, 0.1) is 5.60 Å². The lowest BCUT2D eigenvalue weighted by molar-refractivity contribution is -0.162. The number of nitrogens with zero attached hydrogens (tertiary/aromatic N) is 4. The number of hydrogen-bond acceptors (Lipinski definition) is 5. The van der Waals surface area contributed by atoms with Crippen molar-refractivity contribution in [2.75, 3.05) is 31.6 Å². The SMILES string of the molecule is CN(CCC1CCN(C2C3CC4CC2CC(O)(C4)C3)CC1)c1c(Cl)c(C(N)=O)nn1C. The molecule has 1 saturated heterocycles. The Bertz CT molecular complexity index is 833. The Kier molecular flexibility index (Phi) is 5.50. The van der Waals surface area contributed by atoms with Crippen LogP contribution in [-0.4, -0.2) is 64.0 Å². The first-order valence-corrected chi connectivity index (χ1v) is 12.3. The van der Waals surface area contributed by atoms with E-state index < -0.39 is 5.91 Å². The second-order valence-corrected chi connectivity index (χ2v) is 11.2. The van der Waals surface area contributed by atoms with Crippen LogP contribution < -0.4 is 10.6 Å². The molecule has 5 fully saturated rings. The number of hydrogen-bond donors (Lipinski definition) is 2. The molecule has 1 aliphatic heterocycles. The van der Waals surface area contributed by atoms with Gasteiger partial charge in [-0.3, -0.25) is 14.4 Å². The molecule has 172 valence electrons. The Balaban J connectivity index is 1.14. The van der Waals surface area contributed by atoms with Crippen molar-refractivity contribution in [1.29, 1.82) is 0 Å². The number of amides is 1. The first-order chi connectivity index (χ1) is 14.7. The van der Waals surface area contributed by atoms with Crippen molar-refractivity contribution in [3.63, 3.8) is 0 Å². The van der Waals surface area contributed by atoms with Crippen molar-refractivity contribution in [2.45, 2.75) is 63.0 Å². The number of aromatic nitrogens is 2. The van der Waals surface area contributed by atoms with Gasteiger partial charge in [-0.05, 0) is 88.1 Å². The van der Waals surface area contributed by atoms with Gasteiger partial charge in [-0.2, -0.15) is 5.10 Å². The fourth-order valence-electron chi connectivity index (χ4n) is 7.63. The lowest BCUT2D eigenvalue weighted by Gasteiger charge is -2.61. The van der Waals surface area contributed by atoms with Gasteiger partial charge in [0.15, 0.2) is 5.69 Å². The summed E-state index contributed by atoms with van der Waals surface area (Å²) in [6.45, 7) is 3.26. The Hall–Kier alpha value is -1.31. The Morgan fingerprint density at radius 1 is 1.26 bits per heavy atom. The number of primary amides is 1. The van der Waals surface area contributed by atoms with E-state index in [1.54, 1.807) is 11.7 Å². The van der Waals surface area contributed by atoms with Crippen LogP contribution in [0.4, 0.5) is 5.82 Å². The molecule has 5 aliphatic rings. The van der Waals surface area contributed by atoms with Crippen molar-refractivity contribution in [2.24, 2.45) is 36.5 Å². The molecule has 1 aromatic rings. The number of rotatable bonds is 6. The second kappa shape index (κ2) is 7.92. The first kappa shape index (κ1) is 21.5. The Morgan fingerprint density at radius 2 is 1.90 bits per heavy atom. The molecule has 3 N–H and O–H groups in total. The molecule has 0 radical (unpaired) electrons. The third-order valence-electron chi connectivity index (χ3n) is 8.69. The van der Waals surface area contributed by atoms with Crippen molar-refractivity contribution in [1.82, 2.24) is 14.7 Å². The number of aliphatic hydroxyl groups is 1. The van der Waals surface area contributed by atoms with Gasteiger partial charge in [0.2, 0.25) is 0 Å². The molecule has 0 aromatic carbocycles. The summed E-state index contributed by atoms with van der Waals surface area (Å²) in [5.74, 6) is 3.07. The summed E-state index contributed by atoms with van der Waals surface area (Å²) >= 11 is 6.37. The number of piperidine rings is 1. The van der Waals surface area contributed by atoms with Crippen molar-refractivity contribution in [3.8, 4) is 0 Å². The molecule has 2 heterocycles. The zero-order valence-corrected chi connectivity index (χ0v) is 19.5. The van der Waals surface area contributed by atoms with Crippen LogP contribution in [0.2, 0.25) is 5.02 Å². The highest BCUT2D eigenvalue weighted by Gasteiger charge is 2.56. The van der Waals surface area contributed by atoms with Crippen LogP contribution in [0.25, 0.3) is 0 Å². The summed E-state index contributed by atoms with van der Waals surface area (Å²) in [5, 5.41) is 15.4. The second-order valence-electron chi connectivity index (χ2n) is 10.8. The van der Waals surface area contributed by atoms with Gasteiger partial charge in [-0.25, -0.2) is 0 Å². The molecule has 8 heteroatoms. The quantitative estimate of drug-likeness (QED) is 0.697. The first-order valence-electron chi connectivity index (χ1n) is 11.9. The van der Waals surface area contributed by atoms with E-state index in [2.05, 4.69) is 14.9 Å². The van der Waals surface area contributed by atoms with Crippen molar-refractivity contribution >= 4 is 23.3 Å². The summed E-state index contributed by atoms with van der Waals surface area (Å²) in [4.78, 5) is 16.4. The van der Waals surface area contributed by atoms with E-state index in [1.165, 1.54) is 38.8 Å². The minimum atomic E-state index is -0.593. The molecule has 4 saturated carbocycles. The smallest absolute Gasteiger partial charge is 0.270 e. The van der Waals surface area contributed by atoms with Gasteiger partial charge < -0.3 is 15.7 Å². The maximum Gasteiger partial charge on any atom is 0.270 e. The summed E-state index contributed by atoms with van der Waals surface area (Å²) < 4.78 is 1.64. The number of likely N-dealkylation sites (tertiary alicyclic amines) is 1. The Morgan fingerprint density at radius 3 is 2.45 bits per heavy atom. The monoisotopic (exact) mass is 449 g/mol. The minimum Gasteiger partial charge on any atom is -0.390 e. The summed E-state index contributed by atoms with van der Waals surface area (Å²) in [7, 11) is 3.80. The highest BCUT2D eigenvalue weighted by molar-refractivity contribution is 6.35. The predicted molar refractivity (Wildman–Crippen MR) is 121 cm³/mol. The molecule has 31 heavy (non-hydrogen) atoms. The molecular formula is C23H36ClN5O2. The fraction of sp³-hybridized carbons (Fsp3) is 0.826. The van der Waals surface area contributed by atoms with E-state index in [4.69, 9.17) is 17.3 Å². The van der Waals surface area contributed by atoms with E-state index in [9.17, 15) is 9.90 Å². The third-order valence-corrected chi connectivity index (χ3v) is 9.04. The largest absolute Gasteiger partial charge is 0.390 e. The molecule has 1 amide bonds. The molecule has 4 aliphatic carbocycles. The molecule has 7 nitrogen and oxygen atoms in total. The topological polar surface area (TPSA) is 87.6 Å². The minimum absolute atomic E-state index is 0.139. The molecule has 2 atom stereocenters. The van der Waals surface area contributed by atoms with E-state index in [0.29, 0.717) is 28.8 Å². The molecule has 6 rings (SSSR count). The predicted octanol–water partition coefficient (Wildman–Crippen LogP) is 2.65. The fourth-order valence-corrected chi connectivity index (χ4v) is 8.03. The molecule has 0 spiro atoms. The molecular weight excluding hydrogens is 414 g/mol. The van der Waals surface area contributed by atoms with Crippen LogP contribution in [0.5, 0.6) is 0 Å². The zero-order chi connectivity index (χ0) is 21.9. The number of anilines is 1. The van der Waals surface area contributed by atoms with Crippen LogP contribution in [0, 0.1) is 23.7 Å². The van der Waals surface area contributed by atoms with Crippen LogP contribution in [0.15, 0.2) is 0 Å². The van der Waals surface area contributed by atoms with Crippen LogP contribution >= 0.6 is 11.6 Å². The number of aryl methyl sites for hydroxylation is 1. The molecule has 4 bridgehead atoms. The number of halogens is 1. The van der Waals surface area contributed by atoms with Gasteiger partial charge in [-0.15, -0.1) is 0 Å². The van der Waals surface area contributed by atoms with Crippen LogP contribution in [0.1, 0.15) is 61.9 Å². The van der Waals surface area contributed by atoms with Gasteiger partial charge in [-0.1, -0.05) is 11.6 Å². The highest BCUT2D eigenvalue weighted by atomic mass is 35.5. The standard InChI is InChI=1S/C23H36ClN5O2/c1-27(22-18(24)19(21(25)30)26-28(22)2)6-3-14-4-7-29(8-5-14)20-16-9-15-10-17(20)13-23(31,11-15)12-16/h14-17,20,31H,3-13H2,1-2H3,(H2,25,30). The van der Waals surface area contributed by atoms with Gasteiger partial charge in [0.25, 0.3) is 5.91 Å². The van der Waals surface area contributed by atoms with Crippen LogP contribution in [0.3, 0.4) is 0 Å². The number of carbonyl (C=O) groups excluding carboxylic acids is 1. The zero-order valence-electron chi connectivity index (χ0n) is 18.8. The summed E-state index contributed by atoms with van der Waals surface area (Å²) in [6, 6.07) is 0.709. The van der Waals surface area contributed by atoms with Crippen molar-refractivity contribution < 1.29 is 9.90 Å². The van der Waals surface area contributed by atoms with Gasteiger partial charge in [0.1, 0.15) is 10.8 Å². The van der Waals surface area contributed by atoms with Gasteiger partial charge in [0, 0.05) is 26.7 Å². The molecule has 2 unspecified atom stereocenters. The van der Waals surface area contributed by atoms with E-state index in [0.717, 1.165) is 44.0 Å². The van der Waals surface area contributed by atoms with Gasteiger partial charge >= 0.3 is 0 Å². The van der Waals surface area contributed by atoms with E-state index >= 15 is 0 Å². The Labute approximate surface area is 189 Å². The van der Waals surface area contributed by atoms with E-state index in [1.807, 2.05) is 7.05 Å².